The van der Waals surface area contributed by atoms with Crippen LogP contribution >= 0.6 is 0 Å². The van der Waals surface area contributed by atoms with Gasteiger partial charge in [-0.15, -0.1) is 0 Å². The molecule has 1 aliphatic rings. The van der Waals surface area contributed by atoms with Crippen LogP contribution < -0.4 is 0 Å². The molecule has 0 saturated carbocycles. The molecule has 240 valence electrons. The molecule has 4 heteroatoms. The molecule has 0 saturated heterocycles. The van der Waals surface area contributed by atoms with Gasteiger partial charge in [0.15, 0.2) is 5.84 Å². The Morgan fingerprint density at radius 1 is 0.510 bits per heavy atom. The number of para-hydroxylation sites is 2. The van der Waals surface area contributed by atoms with Crippen LogP contribution in [0.4, 0.5) is 0 Å². The first-order valence-corrected chi connectivity index (χ1v) is 17.3. The van der Waals surface area contributed by atoms with Gasteiger partial charge >= 0.3 is 0 Å². The van der Waals surface area contributed by atoms with Crippen molar-refractivity contribution in [2.45, 2.75) is 12.5 Å². The molecule has 0 aliphatic carbocycles. The molecule has 1 unspecified atom stereocenters. The van der Waals surface area contributed by atoms with Crippen LogP contribution in [0.25, 0.3) is 65.7 Å². The lowest BCUT2D eigenvalue weighted by Gasteiger charge is -2.22. The molecular formula is C47H31N3O. The summed E-state index contributed by atoms with van der Waals surface area (Å²) >= 11 is 0. The first kappa shape index (κ1) is 29.3. The van der Waals surface area contributed by atoms with E-state index in [1.54, 1.807) is 6.20 Å². The summed E-state index contributed by atoms with van der Waals surface area (Å²) in [6, 6.07) is 55.6. The molecule has 10 rings (SSSR count). The van der Waals surface area contributed by atoms with Crippen LogP contribution in [0.2, 0.25) is 0 Å². The summed E-state index contributed by atoms with van der Waals surface area (Å²) in [6.45, 7) is 0. The molecule has 7 aromatic carbocycles. The van der Waals surface area contributed by atoms with E-state index in [1.165, 1.54) is 27.1 Å². The summed E-state index contributed by atoms with van der Waals surface area (Å²) in [5.74, 6) is 0.723. The van der Waals surface area contributed by atoms with Crippen molar-refractivity contribution in [2.24, 2.45) is 9.98 Å². The van der Waals surface area contributed by atoms with Gasteiger partial charge in [-0.05, 0) is 73.6 Å². The number of hydrogen-bond donors (Lipinski definition) is 0. The van der Waals surface area contributed by atoms with Crippen LogP contribution in [0.5, 0.6) is 0 Å². The van der Waals surface area contributed by atoms with E-state index < -0.39 is 0 Å². The summed E-state index contributed by atoms with van der Waals surface area (Å²) in [6.07, 6.45) is 4.36. The fraction of sp³-hybridized carbons (Fsp3) is 0.0426. The van der Waals surface area contributed by atoms with Crippen LogP contribution in [-0.2, 0) is 0 Å². The van der Waals surface area contributed by atoms with E-state index in [1.807, 2.05) is 24.4 Å². The zero-order valence-corrected chi connectivity index (χ0v) is 27.7. The number of nitrogens with zero attached hydrogens (tertiary/aromatic N) is 3. The maximum absolute atomic E-state index is 6.49. The molecule has 1 atom stereocenters. The van der Waals surface area contributed by atoms with E-state index in [2.05, 4.69) is 145 Å². The third kappa shape index (κ3) is 5.12. The van der Waals surface area contributed by atoms with Crippen molar-refractivity contribution >= 4 is 55.0 Å². The van der Waals surface area contributed by atoms with Gasteiger partial charge in [-0.3, -0.25) is 9.98 Å². The number of rotatable bonds is 5. The second-order valence-electron chi connectivity index (χ2n) is 13.1. The minimum absolute atomic E-state index is 0.112. The second kappa shape index (κ2) is 12.0. The van der Waals surface area contributed by atoms with Gasteiger partial charge in [-0.25, -0.2) is 4.99 Å². The first-order chi connectivity index (χ1) is 25.3. The van der Waals surface area contributed by atoms with Crippen molar-refractivity contribution < 1.29 is 4.42 Å². The van der Waals surface area contributed by atoms with Crippen molar-refractivity contribution in [1.29, 1.82) is 0 Å². The molecule has 0 N–H and O–H groups in total. The monoisotopic (exact) mass is 653 g/mol. The quantitative estimate of drug-likeness (QED) is 0.174. The molecule has 2 aromatic heterocycles. The van der Waals surface area contributed by atoms with Gasteiger partial charge in [0.2, 0.25) is 0 Å². The lowest BCUT2D eigenvalue weighted by Crippen LogP contribution is -2.17. The summed E-state index contributed by atoms with van der Waals surface area (Å²) in [5, 5.41) is 7.22. The highest BCUT2D eigenvalue weighted by Gasteiger charge is 2.25. The van der Waals surface area contributed by atoms with E-state index in [9.17, 15) is 0 Å². The molecule has 51 heavy (non-hydrogen) atoms. The molecule has 9 aromatic rings. The minimum Gasteiger partial charge on any atom is -0.455 e. The van der Waals surface area contributed by atoms with Gasteiger partial charge in [0.1, 0.15) is 11.2 Å². The Balaban J connectivity index is 1.08. The van der Waals surface area contributed by atoms with Crippen LogP contribution in [-0.4, -0.2) is 16.5 Å². The Labute approximate surface area is 295 Å². The molecule has 0 bridgehead atoms. The smallest absolute Gasteiger partial charge is 0.155 e. The highest BCUT2D eigenvalue weighted by atomic mass is 16.3. The molecule has 0 radical (unpaired) electrons. The van der Waals surface area contributed by atoms with Gasteiger partial charge in [0.05, 0.1) is 11.8 Å². The molecular weight excluding hydrogens is 623 g/mol. The largest absolute Gasteiger partial charge is 0.455 e. The summed E-state index contributed by atoms with van der Waals surface area (Å²) in [4.78, 5) is 14.9. The minimum atomic E-state index is -0.112. The van der Waals surface area contributed by atoms with Crippen LogP contribution in [0, 0.1) is 0 Å². The van der Waals surface area contributed by atoms with E-state index in [0.29, 0.717) is 6.42 Å². The first-order valence-electron chi connectivity index (χ1n) is 17.3. The van der Waals surface area contributed by atoms with Gasteiger partial charge in [-0.2, -0.15) is 0 Å². The number of amidine groups is 1. The second-order valence-corrected chi connectivity index (χ2v) is 13.1. The zero-order chi connectivity index (χ0) is 33.7. The summed E-state index contributed by atoms with van der Waals surface area (Å²) < 4.78 is 6.49. The lowest BCUT2D eigenvalue weighted by molar-refractivity contribution is 0.667. The third-order valence-electron chi connectivity index (χ3n) is 10.1. The van der Waals surface area contributed by atoms with E-state index in [0.717, 1.165) is 66.9 Å². The number of benzene rings is 7. The number of pyridine rings is 1. The standard InChI is InChI=1S/C47H31N3O/c1-2-11-36-34(9-1)27-42(38-13-4-3-12-37(36)38)31-20-24-33(25-21-31)47-49-43(32-22-18-30(19-23-32)35-10-8-26-48-29-35)28-44(50-47)41-16-7-15-40-39-14-5-6-17-45(39)51-46(40)41/h1-27,29,43H,28H2. The fourth-order valence-electron chi connectivity index (χ4n) is 7.58. The molecule has 1 aliphatic heterocycles. The highest BCUT2D eigenvalue weighted by molar-refractivity contribution is 6.20. The SMILES string of the molecule is c1cncc(-c2ccc(C3CC(c4cccc5c4oc4ccccc45)=NC(c4ccc(-c5cc6ccccc6c6ccccc56)cc4)=N3)cc2)c1. The highest BCUT2D eigenvalue weighted by Crippen LogP contribution is 2.37. The molecule has 0 amide bonds. The fourth-order valence-corrected chi connectivity index (χ4v) is 7.58. The predicted molar refractivity (Wildman–Crippen MR) is 211 cm³/mol. The number of fused-ring (bicyclic) bond motifs is 6. The van der Waals surface area contributed by atoms with E-state index >= 15 is 0 Å². The molecule has 0 fully saturated rings. The van der Waals surface area contributed by atoms with Crippen LogP contribution in [0.3, 0.4) is 0 Å². The molecule has 4 nitrogen and oxygen atoms in total. The Morgan fingerprint density at radius 2 is 1.22 bits per heavy atom. The van der Waals surface area contributed by atoms with Gasteiger partial charge in [0, 0.05) is 40.7 Å². The maximum Gasteiger partial charge on any atom is 0.155 e. The Hall–Kier alpha value is -6.65. The number of hydrogen-bond acceptors (Lipinski definition) is 4. The molecule has 3 heterocycles. The van der Waals surface area contributed by atoms with Gasteiger partial charge in [-0.1, -0.05) is 133 Å². The van der Waals surface area contributed by atoms with Crippen molar-refractivity contribution in [3.63, 3.8) is 0 Å². The topological polar surface area (TPSA) is 50.8 Å². The van der Waals surface area contributed by atoms with Crippen LogP contribution in [0.1, 0.15) is 29.2 Å². The zero-order valence-electron chi connectivity index (χ0n) is 27.7. The number of furan rings is 1. The van der Waals surface area contributed by atoms with Crippen molar-refractivity contribution in [2.75, 3.05) is 0 Å². The third-order valence-corrected chi connectivity index (χ3v) is 10.1. The predicted octanol–water partition coefficient (Wildman–Crippen LogP) is 12.0. The lowest BCUT2D eigenvalue weighted by atomic mass is 9.92. The molecule has 0 spiro atoms. The Kier molecular flexibility index (Phi) is 6.91. The summed E-state index contributed by atoms with van der Waals surface area (Å²) in [7, 11) is 0. The summed E-state index contributed by atoms with van der Waals surface area (Å²) in [5.41, 5.74) is 10.4. The average molecular weight is 654 g/mol. The Morgan fingerprint density at radius 3 is 2.04 bits per heavy atom. The average Bonchev–Trinajstić information content (AvgIpc) is 3.60. The van der Waals surface area contributed by atoms with E-state index in [-0.39, 0.29) is 6.04 Å². The number of aliphatic imine (C=N–C) groups is 2. The van der Waals surface area contributed by atoms with Crippen molar-refractivity contribution in [3.05, 3.63) is 187 Å². The van der Waals surface area contributed by atoms with Crippen LogP contribution in [0.15, 0.2) is 185 Å². The maximum atomic E-state index is 6.49. The van der Waals surface area contributed by atoms with Gasteiger partial charge < -0.3 is 4.42 Å². The van der Waals surface area contributed by atoms with Gasteiger partial charge in [0.25, 0.3) is 0 Å². The van der Waals surface area contributed by atoms with Crippen molar-refractivity contribution in [1.82, 2.24) is 4.98 Å². The Bertz CT molecular complexity index is 2810. The van der Waals surface area contributed by atoms with Crippen molar-refractivity contribution in [3.8, 4) is 22.3 Å². The van der Waals surface area contributed by atoms with E-state index in [4.69, 9.17) is 14.4 Å². The normalized spacial score (nSPS) is 14.6. The number of aromatic nitrogens is 1.